The number of aliphatic hydroxyl groups excluding tert-OH is 1. The molecule has 3 amide bonds. The van der Waals surface area contributed by atoms with Gasteiger partial charge in [-0.1, -0.05) is 6.07 Å². The maximum Gasteiger partial charge on any atom is 0.273 e. The molecule has 10 nitrogen and oxygen atoms in total. The summed E-state index contributed by atoms with van der Waals surface area (Å²) in [5.41, 5.74) is 1.38. The van der Waals surface area contributed by atoms with E-state index in [1.165, 1.54) is 5.01 Å². The molecule has 1 aliphatic heterocycles. The molecule has 4 rings (SSSR count). The fraction of sp³-hybridized carbons (Fsp3) is 0.227. The zero-order chi connectivity index (χ0) is 24.6. The molecule has 0 unspecified atom stereocenters. The third kappa shape index (κ3) is 4.30. The van der Waals surface area contributed by atoms with Crippen LogP contribution >= 0.6 is 24.4 Å². The Morgan fingerprint density at radius 3 is 2.32 bits per heavy atom. The molecular weight excluding hydrogens is 476 g/mol. The van der Waals surface area contributed by atoms with Crippen LogP contribution < -0.4 is 10.3 Å². The molecule has 4 N–H and O–H groups in total. The van der Waals surface area contributed by atoms with Crippen LogP contribution in [0.1, 0.15) is 24.2 Å². The number of aromatic nitrogens is 3. The summed E-state index contributed by atoms with van der Waals surface area (Å²) in [7, 11) is 0. The van der Waals surface area contributed by atoms with E-state index in [0.717, 1.165) is 5.01 Å². The predicted molar refractivity (Wildman–Crippen MR) is 131 cm³/mol. The first-order chi connectivity index (χ1) is 16.1. The molecule has 1 aromatic heterocycles. The number of hydrogen-bond donors (Lipinski definition) is 4. The zero-order valence-corrected chi connectivity index (χ0v) is 20.0. The molecule has 0 spiro atoms. The van der Waals surface area contributed by atoms with Crippen LogP contribution in [0.25, 0.3) is 5.69 Å². The number of hydrogen-bond acceptors (Lipinski definition) is 7. The number of benzene rings is 2. The molecule has 12 heteroatoms. The predicted octanol–water partition coefficient (Wildman–Crippen LogP) is 2.95. The van der Waals surface area contributed by atoms with Gasteiger partial charge in [0.05, 0.1) is 23.3 Å². The van der Waals surface area contributed by atoms with Crippen molar-refractivity contribution >= 4 is 53.5 Å². The Morgan fingerprint density at radius 2 is 1.71 bits per heavy atom. The second-order valence-electron chi connectivity index (χ2n) is 8.36. The molecule has 2 aromatic carbocycles. The number of nitrogens with zero attached hydrogens (tertiary/aromatic N) is 3. The molecule has 3 aromatic rings. The van der Waals surface area contributed by atoms with Gasteiger partial charge in [0.2, 0.25) is 0 Å². The number of H-pyrrole nitrogens is 2. The van der Waals surface area contributed by atoms with Crippen molar-refractivity contribution in [1.29, 1.82) is 0 Å². The zero-order valence-electron chi connectivity index (χ0n) is 18.4. The van der Waals surface area contributed by atoms with Crippen LogP contribution in [-0.4, -0.2) is 55.8 Å². The van der Waals surface area contributed by atoms with Gasteiger partial charge in [-0.15, -0.1) is 0 Å². The van der Waals surface area contributed by atoms with Gasteiger partial charge in [0.15, 0.2) is 9.54 Å². The van der Waals surface area contributed by atoms with Crippen LogP contribution in [0, 0.1) is 15.0 Å². The van der Waals surface area contributed by atoms with E-state index in [1.54, 1.807) is 60.9 Å². The van der Waals surface area contributed by atoms with Crippen LogP contribution in [-0.2, 0) is 9.59 Å². The monoisotopic (exact) mass is 498 g/mol. The number of amides is 3. The van der Waals surface area contributed by atoms with E-state index in [2.05, 4.69) is 15.5 Å². The molecule has 1 saturated heterocycles. The summed E-state index contributed by atoms with van der Waals surface area (Å²) >= 11 is 10.5. The van der Waals surface area contributed by atoms with E-state index in [9.17, 15) is 19.5 Å². The summed E-state index contributed by atoms with van der Waals surface area (Å²) in [6, 6.07) is 13.6. The third-order valence-electron chi connectivity index (χ3n) is 5.40. The average Bonchev–Trinajstić information content (AvgIpc) is 3.28. The van der Waals surface area contributed by atoms with Crippen molar-refractivity contribution in [2.75, 3.05) is 23.5 Å². The van der Waals surface area contributed by atoms with Crippen molar-refractivity contribution in [2.45, 2.75) is 13.8 Å². The number of anilines is 2. The lowest BCUT2D eigenvalue weighted by atomic mass is 9.94. The van der Waals surface area contributed by atoms with Crippen molar-refractivity contribution in [3.05, 3.63) is 63.6 Å². The van der Waals surface area contributed by atoms with Crippen LogP contribution in [0.4, 0.5) is 11.4 Å². The number of rotatable bonds is 5. The minimum Gasteiger partial charge on any atom is -0.386 e. The lowest BCUT2D eigenvalue weighted by Crippen LogP contribution is -2.45. The first kappa shape index (κ1) is 23.5. The van der Waals surface area contributed by atoms with E-state index in [-0.39, 0.29) is 12.5 Å². The van der Waals surface area contributed by atoms with Gasteiger partial charge in [-0.3, -0.25) is 34.2 Å². The van der Waals surface area contributed by atoms with Gasteiger partial charge in [-0.2, -0.15) is 5.01 Å². The Bertz CT molecular complexity index is 1360. The van der Waals surface area contributed by atoms with Gasteiger partial charge < -0.3 is 10.4 Å². The third-order valence-corrected chi connectivity index (χ3v) is 5.97. The van der Waals surface area contributed by atoms with Crippen molar-refractivity contribution in [2.24, 2.45) is 5.41 Å². The maximum atomic E-state index is 12.8. The summed E-state index contributed by atoms with van der Waals surface area (Å²) in [6.07, 6.45) is 0. The van der Waals surface area contributed by atoms with E-state index < -0.39 is 23.8 Å². The van der Waals surface area contributed by atoms with Crippen LogP contribution in [0.3, 0.4) is 0 Å². The number of imide groups is 1. The van der Waals surface area contributed by atoms with Crippen LogP contribution in [0.5, 0.6) is 0 Å². The van der Waals surface area contributed by atoms with Gasteiger partial charge in [0.1, 0.15) is 6.61 Å². The molecule has 0 saturated carbocycles. The quantitative estimate of drug-likeness (QED) is 0.399. The first-order valence-corrected chi connectivity index (χ1v) is 11.1. The first-order valence-electron chi connectivity index (χ1n) is 10.3. The van der Waals surface area contributed by atoms with E-state index in [1.807, 2.05) is 6.07 Å². The number of nitrogens with one attached hydrogen (secondary N) is 3. The highest BCUT2D eigenvalue weighted by atomic mass is 32.1. The van der Waals surface area contributed by atoms with Crippen molar-refractivity contribution in [3.63, 3.8) is 0 Å². The fourth-order valence-electron chi connectivity index (χ4n) is 3.69. The fourth-order valence-corrected chi connectivity index (χ4v) is 4.24. The number of hydrazine groups is 1. The molecule has 0 atom stereocenters. The maximum absolute atomic E-state index is 12.8. The van der Waals surface area contributed by atoms with E-state index >= 15 is 0 Å². The highest BCUT2D eigenvalue weighted by molar-refractivity contribution is 7.72. The number of carbonyl (C=O) groups is 3. The molecule has 2 heterocycles. The largest absolute Gasteiger partial charge is 0.386 e. The van der Waals surface area contributed by atoms with E-state index in [0.29, 0.717) is 32.2 Å². The van der Waals surface area contributed by atoms with Crippen LogP contribution in [0.15, 0.2) is 48.5 Å². The van der Waals surface area contributed by atoms with Gasteiger partial charge in [-0.25, -0.2) is 0 Å². The minimum atomic E-state index is -0.795. The molecule has 0 aliphatic carbocycles. The Balaban J connectivity index is 1.54. The Labute approximate surface area is 204 Å². The smallest absolute Gasteiger partial charge is 0.273 e. The van der Waals surface area contributed by atoms with Gasteiger partial charge in [-0.05, 0) is 80.7 Å². The molecule has 176 valence electrons. The summed E-state index contributed by atoms with van der Waals surface area (Å²) in [5.74, 6) is -1.44. The number of aromatic amines is 2. The SMILES string of the molecule is CC1(C)CN(c2ccc(C(=O)Nc3cccc(-n4c(=S)[nH][nH]c4=S)c3)cc2)N(C(=O)CO)C1=O. The standard InChI is InChI=1S/C22H22N6O4S2/c1-22(2)12-26(28(19(22)32)17(30)11-29)15-8-6-13(7-9-15)18(31)23-14-4-3-5-16(10-14)27-20(33)24-25-21(27)34/h3-10,29H,11-12H2,1-2H3,(H,23,31)(H,24,33)(H,25,34). The highest BCUT2D eigenvalue weighted by Crippen LogP contribution is 2.33. The van der Waals surface area contributed by atoms with Crippen molar-refractivity contribution in [3.8, 4) is 5.69 Å². The Hall–Kier alpha value is -3.61. The normalized spacial score (nSPS) is 15.0. The molecule has 0 radical (unpaired) electrons. The van der Waals surface area contributed by atoms with Gasteiger partial charge in [0, 0.05) is 11.3 Å². The summed E-state index contributed by atoms with van der Waals surface area (Å²) in [4.78, 5) is 37.6. The average molecular weight is 499 g/mol. The highest BCUT2D eigenvalue weighted by Gasteiger charge is 2.47. The second-order valence-corrected chi connectivity index (χ2v) is 9.13. The Morgan fingerprint density at radius 1 is 1.06 bits per heavy atom. The lowest BCUT2D eigenvalue weighted by molar-refractivity contribution is -0.147. The molecule has 34 heavy (non-hydrogen) atoms. The number of carbonyl (C=O) groups excluding carboxylic acids is 3. The number of aliphatic hydroxyl groups is 1. The molecule has 1 fully saturated rings. The lowest BCUT2D eigenvalue weighted by Gasteiger charge is -2.27. The van der Waals surface area contributed by atoms with Crippen molar-refractivity contribution in [1.82, 2.24) is 19.8 Å². The summed E-state index contributed by atoms with van der Waals surface area (Å²) in [5, 5.41) is 20.1. The Kier molecular flexibility index (Phi) is 6.21. The topological polar surface area (TPSA) is 126 Å². The van der Waals surface area contributed by atoms with E-state index in [4.69, 9.17) is 24.4 Å². The summed E-state index contributed by atoms with van der Waals surface area (Å²) in [6.45, 7) is 2.95. The molecular formula is C22H22N6O4S2. The summed E-state index contributed by atoms with van der Waals surface area (Å²) < 4.78 is 2.44. The van der Waals surface area contributed by atoms with Gasteiger partial charge in [0.25, 0.3) is 17.7 Å². The van der Waals surface area contributed by atoms with Gasteiger partial charge >= 0.3 is 0 Å². The minimum absolute atomic E-state index is 0.264. The molecule has 0 bridgehead atoms. The van der Waals surface area contributed by atoms with Crippen molar-refractivity contribution < 1.29 is 19.5 Å². The second kappa shape index (κ2) is 8.97. The molecule has 1 aliphatic rings. The van der Waals surface area contributed by atoms with Crippen LogP contribution in [0.2, 0.25) is 0 Å².